The summed E-state index contributed by atoms with van der Waals surface area (Å²) in [7, 11) is 6.20. The van der Waals surface area contributed by atoms with Gasteiger partial charge in [0.25, 0.3) is 11.7 Å². The van der Waals surface area contributed by atoms with Crippen molar-refractivity contribution >= 4 is 17.4 Å². The third-order valence-electron chi connectivity index (χ3n) is 6.40. The number of benzene rings is 3. The van der Waals surface area contributed by atoms with Gasteiger partial charge in [0.05, 0.1) is 40.1 Å². The number of methoxy groups -OCH3 is 4. The zero-order valence-electron chi connectivity index (χ0n) is 21.2. The molecule has 37 heavy (non-hydrogen) atoms. The molecule has 3 aromatic carbocycles. The number of Topliss-reactive ketones (excluding diaryl/α,β-unsaturated/α-hetero) is 1. The van der Waals surface area contributed by atoms with Crippen LogP contribution in [-0.4, -0.2) is 56.7 Å². The summed E-state index contributed by atoms with van der Waals surface area (Å²) >= 11 is 0. The first-order valence-corrected chi connectivity index (χ1v) is 11.7. The monoisotopic (exact) mass is 503 g/mol. The minimum atomic E-state index is -0.780. The number of ketones is 1. The summed E-state index contributed by atoms with van der Waals surface area (Å²) in [4.78, 5) is 28.0. The summed E-state index contributed by atoms with van der Waals surface area (Å²) in [6.07, 6.45) is 0.458. The van der Waals surface area contributed by atoms with Gasteiger partial charge in [0.15, 0.2) is 11.5 Å². The second kappa shape index (κ2) is 11.1. The van der Waals surface area contributed by atoms with Crippen molar-refractivity contribution in [2.45, 2.75) is 12.5 Å². The Bertz CT molecular complexity index is 1330. The lowest BCUT2D eigenvalue weighted by molar-refractivity contribution is -0.139. The van der Waals surface area contributed by atoms with E-state index in [2.05, 4.69) is 0 Å². The van der Waals surface area contributed by atoms with Gasteiger partial charge in [-0.15, -0.1) is 0 Å². The van der Waals surface area contributed by atoms with E-state index in [9.17, 15) is 14.7 Å². The molecule has 1 amide bonds. The van der Waals surface area contributed by atoms with E-state index in [1.54, 1.807) is 75.9 Å². The highest BCUT2D eigenvalue weighted by Gasteiger charge is 2.45. The Labute approximate surface area is 215 Å². The average molecular weight is 504 g/mol. The zero-order chi connectivity index (χ0) is 26.5. The Kier molecular flexibility index (Phi) is 7.67. The van der Waals surface area contributed by atoms with Crippen LogP contribution in [0.1, 0.15) is 22.7 Å². The molecule has 8 nitrogen and oxygen atoms in total. The maximum Gasteiger partial charge on any atom is 0.295 e. The third kappa shape index (κ3) is 5.09. The van der Waals surface area contributed by atoms with Crippen LogP contribution in [0.2, 0.25) is 0 Å². The lowest BCUT2D eigenvalue weighted by Crippen LogP contribution is -2.31. The molecule has 3 aromatic rings. The Hall–Kier alpha value is -4.46. The van der Waals surface area contributed by atoms with Crippen LogP contribution < -0.4 is 18.9 Å². The molecule has 0 radical (unpaired) electrons. The predicted molar refractivity (Wildman–Crippen MR) is 138 cm³/mol. The number of likely N-dealkylation sites (tertiary alicyclic amines) is 1. The molecule has 1 atom stereocenters. The Balaban J connectivity index is 1.75. The minimum Gasteiger partial charge on any atom is -0.507 e. The highest BCUT2D eigenvalue weighted by atomic mass is 16.5. The Morgan fingerprint density at radius 1 is 0.811 bits per heavy atom. The van der Waals surface area contributed by atoms with E-state index in [1.807, 2.05) is 12.1 Å². The van der Waals surface area contributed by atoms with E-state index in [1.165, 1.54) is 12.0 Å². The SMILES string of the molecule is COc1ccc(C2/C(=C(/O)c3cccc(OC)c3)C(=O)C(=O)N2CCc2ccc(OC)c(OC)c2)cc1. The summed E-state index contributed by atoms with van der Waals surface area (Å²) in [5, 5.41) is 11.3. The molecule has 4 rings (SSSR count). The number of carbonyl (C=O) groups excluding carboxylic acids is 2. The first kappa shape index (κ1) is 25.6. The number of nitrogens with zero attached hydrogens (tertiary/aromatic N) is 1. The van der Waals surface area contributed by atoms with Gasteiger partial charge < -0.3 is 29.0 Å². The van der Waals surface area contributed by atoms with Gasteiger partial charge in [-0.3, -0.25) is 9.59 Å². The summed E-state index contributed by atoms with van der Waals surface area (Å²) < 4.78 is 21.2. The maximum absolute atomic E-state index is 13.3. The molecule has 1 saturated heterocycles. The first-order chi connectivity index (χ1) is 17.9. The van der Waals surface area contributed by atoms with Crippen molar-refractivity contribution in [1.29, 1.82) is 0 Å². The van der Waals surface area contributed by atoms with Gasteiger partial charge in [0, 0.05) is 12.1 Å². The van der Waals surface area contributed by atoms with E-state index < -0.39 is 17.7 Å². The topological polar surface area (TPSA) is 94.5 Å². The number of rotatable bonds is 9. The largest absolute Gasteiger partial charge is 0.507 e. The molecular weight excluding hydrogens is 474 g/mol. The van der Waals surface area contributed by atoms with Gasteiger partial charge in [0.2, 0.25) is 0 Å². The summed E-state index contributed by atoms with van der Waals surface area (Å²) in [6, 6.07) is 18.6. The molecule has 1 aliphatic rings. The average Bonchev–Trinajstić information content (AvgIpc) is 3.20. The number of hydrogen-bond donors (Lipinski definition) is 1. The van der Waals surface area contributed by atoms with Crippen LogP contribution in [0.3, 0.4) is 0 Å². The van der Waals surface area contributed by atoms with Gasteiger partial charge in [-0.1, -0.05) is 30.3 Å². The molecule has 0 aliphatic carbocycles. The minimum absolute atomic E-state index is 0.0238. The van der Waals surface area contributed by atoms with Crippen LogP contribution in [0.25, 0.3) is 5.76 Å². The normalized spacial score (nSPS) is 16.5. The standard InChI is InChI=1S/C29H29NO7/c1-34-21-11-9-19(10-12-21)26-25(27(31)20-6-5-7-22(17-20)35-2)28(32)29(33)30(26)15-14-18-8-13-23(36-3)24(16-18)37-4/h5-13,16-17,26,31H,14-15H2,1-4H3/b27-25-. The maximum atomic E-state index is 13.3. The van der Waals surface area contributed by atoms with Crippen molar-refractivity contribution in [3.63, 3.8) is 0 Å². The second-order valence-electron chi connectivity index (χ2n) is 8.44. The highest BCUT2D eigenvalue weighted by Crippen LogP contribution is 2.40. The second-order valence-corrected chi connectivity index (χ2v) is 8.44. The lowest BCUT2D eigenvalue weighted by atomic mass is 9.95. The van der Waals surface area contributed by atoms with Gasteiger partial charge in [0.1, 0.15) is 17.3 Å². The van der Waals surface area contributed by atoms with Crippen LogP contribution >= 0.6 is 0 Å². The van der Waals surface area contributed by atoms with Crippen LogP contribution in [0.4, 0.5) is 0 Å². The summed E-state index contributed by atoms with van der Waals surface area (Å²) in [5.74, 6) is 0.660. The number of aliphatic hydroxyl groups excluding tert-OH is 1. The van der Waals surface area contributed by atoms with Crippen molar-refractivity contribution in [3.8, 4) is 23.0 Å². The quantitative estimate of drug-likeness (QED) is 0.263. The van der Waals surface area contributed by atoms with E-state index in [0.717, 1.165) is 5.56 Å². The van der Waals surface area contributed by atoms with E-state index >= 15 is 0 Å². The fourth-order valence-corrected chi connectivity index (χ4v) is 4.45. The third-order valence-corrected chi connectivity index (χ3v) is 6.40. The van der Waals surface area contributed by atoms with Crippen LogP contribution in [-0.2, 0) is 16.0 Å². The molecule has 0 spiro atoms. The van der Waals surface area contributed by atoms with Gasteiger partial charge >= 0.3 is 0 Å². The van der Waals surface area contributed by atoms with Crippen molar-refractivity contribution in [2.24, 2.45) is 0 Å². The highest BCUT2D eigenvalue weighted by molar-refractivity contribution is 6.46. The molecule has 1 N–H and O–H groups in total. The van der Waals surface area contributed by atoms with Gasteiger partial charge in [-0.2, -0.15) is 0 Å². The zero-order valence-corrected chi connectivity index (χ0v) is 21.2. The van der Waals surface area contributed by atoms with E-state index in [4.69, 9.17) is 18.9 Å². The van der Waals surface area contributed by atoms with Gasteiger partial charge in [-0.05, 0) is 53.9 Å². The molecular formula is C29H29NO7. The van der Waals surface area contributed by atoms with Crippen molar-refractivity contribution in [3.05, 3.63) is 89.0 Å². The Morgan fingerprint density at radius 3 is 2.16 bits per heavy atom. The van der Waals surface area contributed by atoms with E-state index in [0.29, 0.717) is 40.5 Å². The molecule has 1 fully saturated rings. The van der Waals surface area contributed by atoms with Crippen molar-refractivity contribution in [1.82, 2.24) is 4.90 Å². The molecule has 192 valence electrons. The van der Waals surface area contributed by atoms with Crippen LogP contribution in [0.15, 0.2) is 72.3 Å². The number of ether oxygens (including phenoxy) is 4. The molecule has 1 aliphatic heterocycles. The van der Waals surface area contributed by atoms with Crippen LogP contribution in [0.5, 0.6) is 23.0 Å². The lowest BCUT2D eigenvalue weighted by Gasteiger charge is -2.25. The van der Waals surface area contributed by atoms with E-state index in [-0.39, 0.29) is 17.9 Å². The molecule has 0 saturated carbocycles. The molecule has 1 unspecified atom stereocenters. The summed E-state index contributed by atoms with van der Waals surface area (Å²) in [6.45, 7) is 0.242. The fourth-order valence-electron chi connectivity index (χ4n) is 4.45. The molecule has 1 heterocycles. The molecule has 8 heteroatoms. The van der Waals surface area contributed by atoms with Crippen LogP contribution in [0, 0.1) is 0 Å². The first-order valence-electron chi connectivity index (χ1n) is 11.7. The number of amides is 1. The number of aliphatic hydroxyl groups is 1. The summed E-state index contributed by atoms with van der Waals surface area (Å²) in [5.41, 5.74) is 1.99. The number of carbonyl (C=O) groups is 2. The van der Waals surface area contributed by atoms with Crippen molar-refractivity contribution in [2.75, 3.05) is 35.0 Å². The number of hydrogen-bond acceptors (Lipinski definition) is 7. The predicted octanol–water partition coefficient (Wildman–Crippen LogP) is 4.39. The Morgan fingerprint density at radius 2 is 1.51 bits per heavy atom. The van der Waals surface area contributed by atoms with Gasteiger partial charge in [-0.25, -0.2) is 0 Å². The van der Waals surface area contributed by atoms with Crippen molar-refractivity contribution < 1.29 is 33.6 Å². The molecule has 0 bridgehead atoms. The fraction of sp³-hybridized carbons (Fsp3) is 0.241. The molecule has 0 aromatic heterocycles. The smallest absolute Gasteiger partial charge is 0.295 e.